The monoisotopic (exact) mass is 399 g/mol. The van der Waals surface area contributed by atoms with Gasteiger partial charge in [0.2, 0.25) is 0 Å². The second-order valence-corrected chi connectivity index (χ2v) is 6.71. The van der Waals surface area contributed by atoms with Crippen LogP contribution in [0.5, 0.6) is 0 Å². The van der Waals surface area contributed by atoms with E-state index in [1.165, 1.54) is 18.2 Å². The fourth-order valence-electron chi connectivity index (χ4n) is 2.15. The van der Waals surface area contributed by atoms with Crippen molar-refractivity contribution in [1.82, 2.24) is 0 Å². The Morgan fingerprint density at radius 2 is 2.04 bits per heavy atom. The van der Waals surface area contributed by atoms with Gasteiger partial charge in [-0.25, -0.2) is 4.39 Å². The van der Waals surface area contributed by atoms with E-state index in [9.17, 15) is 9.18 Å². The van der Waals surface area contributed by atoms with Crippen LogP contribution in [0.1, 0.15) is 12.5 Å². The zero-order valence-electron chi connectivity index (χ0n) is 12.9. The van der Waals surface area contributed by atoms with Crippen molar-refractivity contribution in [3.8, 4) is 0 Å². The van der Waals surface area contributed by atoms with Crippen LogP contribution in [0.4, 0.5) is 10.1 Å². The molecule has 23 heavy (non-hydrogen) atoms. The number of hydrogen-bond donors (Lipinski definition) is 2. The minimum Gasteiger partial charge on any atom is -0.324 e. The quantitative estimate of drug-likeness (QED) is 0.793. The molecule has 0 aromatic heterocycles. The van der Waals surface area contributed by atoms with Crippen molar-refractivity contribution in [3.63, 3.8) is 0 Å². The number of likely N-dealkylation sites (N-methyl/N-ethyl adjacent to an activating group) is 1. The van der Waals surface area contributed by atoms with Gasteiger partial charge >= 0.3 is 0 Å². The van der Waals surface area contributed by atoms with Gasteiger partial charge in [0.05, 0.1) is 17.8 Å². The summed E-state index contributed by atoms with van der Waals surface area (Å²) in [4.78, 5) is 13.4. The predicted molar refractivity (Wildman–Crippen MR) is 94.2 cm³/mol. The Bertz CT molecular complexity index is 711. The molecule has 2 rings (SSSR count). The summed E-state index contributed by atoms with van der Waals surface area (Å²) < 4.78 is 14.1. The van der Waals surface area contributed by atoms with Crippen LogP contribution >= 0.6 is 27.5 Å². The maximum atomic E-state index is 13.0. The van der Waals surface area contributed by atoms with Crippen molar-refractivity contribution in [2.45, 2.75) is 19.5 Å². The molecular formula is C17H18BrClFN2O+. The number of amides is 1. The van der Waals surface area contributed by atoms with Crippen LogP contribution in [0.2, 0.25) is 5.02 Å². The normalized spacial score (nSPS) is 13.4. The van der Waals surface area contributed by atoms with Gasteiger partial charge < -0.3 is 10.2 Å². The van der Waals surface area contributed by atoms with Crippen LogP contribution < -0.4 is 10.2 Å². The van der Waals surface area contributed by atoms with Crippen molar-refractivity contribution in [2.75, 3.05) is 12.4 Å². The second-order valence-electron chi connectivity index (χ2n) is 5.45. The summed E-state index contributed by atoms with van der Waals surface area (Å²) in [6.45, 7) is 2.55. The molecule has 2 atom stereocenters. The molecule has 1 amide bonds. The largest absolute Gasteiger partial charge is 0.324 e. The van der Waals surface area contributed by atoms with Gasteiger partial charge in [-0.3, -0.25) is 4.79 Å². The molecule has 0 aliphatic rings. The number of quaternary nitrogens is 1. The molecule has 1 unspecified atom stereocenters. The zero-order valence-corrected chi connectivity index (χ0v) is 15.2. The number of benzene rings is 2. The van der Waals surface area contributed by atoms with E-state index in [4.69, 9.17) is 11.6 Å². The average molecular weight is 401 g/mol. The van der Waals surface area contributed by atoms with E-state index >= 15 is 0 Å². The third kappa shape index (κ3) is 4.77. The summed E-state index contributed by atoms with van der Waals surface area (Å²) in [6, 6.07) is 11.5. The summed E-state index contributed by atoms with van der Waals surface area (Å²) in [7, 11) is 1.95. The highest BCUT2D eigenvalue weighted by Crippen LogP contribution is 2.22. The molecule has 2 aromatic carbocycles. The molecule has 0 spiro atoms. The third-order valence-corrected chi connectivity index (χ3v) is 4.83. The fraction of sp³-hybridized carbons (Fsp3) is 0.235. The summed E-state index contributed by atoms with van der Waals surface area (Å²) in [5, 5.41) is 2.94. The summed E-state index contributed by atoms with van der Waals surface area (Å²) in [5.41, 5.74) is 1.54. The summed E-state index contributed by atoms with van der Waals surface area (Å²) >= 11 is 9.45. The van der Waals surface area contributed by atoms with Crippen molar-refractivity contribution in [3.05, 3.63) is 63.3 Å². The smallest absolute Gasteiger partial charge is 0.282 e. The lowest BCUT2D eigenvalue weighted by atomic mass is 10.2. The molecule has 0 fully saturated rings. The number of anilines is 1. The molecule has 6 heteroatoms. The first-order valence-corrected chi connectivity index (χ1v) is 8.37. The van der Waals surface area contributed by atoms with E-state index in [0.29, 0.717) is 12.2 Å². The zero-order chi connectivity index (χ0) is 17.0. The Labute approximate surface area is 148 Å². The number of carbonyl (C=O) groups excluding carboxylic acids is 1. The van der Waals surface area contributed by atoms with E-state index in [-0.39, 0.29) is 17.0 Å². The average Bonchev–Trinajstić information content (AvgIpc) is 2.51. The standard InChI is InChI=1S/C17H17BrClFN2O/c1-11(22(2)10-12-5-3-4-6-14(12)18)17(23)21-16-8-7-13(20)9-15(16)19/h3-9,11H,10H2,1-2H3,(H,21,23)/p+1/t11-/m1/s1. The highest BCUT2D eigenvalue weighted by molar-refractivity contribution is 9.10. The lowest BCUT2D eigenvalue weighted by Crippen LogP contribution is -3.12. The number of nitrogens with one attached hydrogen (secondary N) is 2. The van der Waals surface area contributed by atoms with Crippen LogP contribution in [-0.4, -0.2) is 19.0 Å². The first-order chi connectivity index (χ1) is 10.9. The molecule has 122 valence electrons. The van der Waals surface area contributed by atoms with Gasteiger partial charge in [-0.15, -0.1) is 0 Å². The molecule has 0 radical (unpaired) electrons. The van der Waals surface area contributed by atoms with Gasteiger partial charge in [-0.2, -0.15) is 0 Å². The van der Waals surface area contributed by atoms with Crippen LogP contribution in [0.15, 0.2) is 46.9 Å². The summed E-state index contributed by atoms with van der Waals surface area (Å²) in [5.74, 6) is -0.596. The minimum atomic E-state index is -0.433. The van der Waals surface area contributed by atoms with E-state index in [1.807, 2.05) is 38.2 Å². The SMILES string of the molecule is C[C@H](C(=O)Nc1ccc(F)cc1Cl)[NH+](C)Cc1ccccc1Br. The van der Waals surface area contributed by atoms with Crippen molar-refractivity contribution < 1.29 is 14.1 Å². The molecule has 2 N–H and O–H groups in total. The molecular weight excluding hydrogens is 383 g/mol. The Balaban J connectivity index is 2.02. The third-order valence-electron chi connectivity index (χ3n) is 3.75. The fourth-order valence-corrected chi connectivity index (χ4v) is 2.79. The molecule has 0 aliphatic carbocycles. The van der Waals surface area contributed by atoms with Crippen LogP contribution in [0, 0.1) is 5.82 Å². The van der Waals surface area contributed by atoms with E-state index in [0.717, 1.165) is 14.9 Å². The van der Waals surface area contributed by atoms with Gasteiger partial charge in [-0.1, -0.05) is 45.7 Å². The van der Waals surface area contributed by atoms with E-state index in [2.05, 4.69) is 21.2 Å². The maximum Gasteiger partial charge on any atom is 0.282 e. The molecule has 2 aromatic rings. The van der Waals surface area contributed by atoms with E-state index < -0.39 is 5.82 Å². The Morgan fingerprint density at radius 3 is 2.70 bits per heavy atom. The van der Waals surface area contributed by atoms with Gasteiger partial charge in [0.15, 0.2) is 6.04 Å². The predicted octanol–water partition coefficient (Wildman–Crippen LogP) is 3.28. The number of rotatable bonds is 5. The molecule has 3 nitrogen and oxygen atoms in total. The second kappa shape index (κ2) is 7.90. The van der Waals surface area contributed by atoms with E-state index in [1.54, 1.807) is 0 Å². The minimum absolute atomic E-state index is 0.164. The number of hydrogen-bond acceptors (Lipinski definition) is 1. The number of carbonyl (C=O) groups is 1. The van der Waals surface area contributed by atoms with Crippen molar-refractivity contribution >= 4 is 39.1 Å². The van der Waals surface area contributed by atoms with Crippen LogP contribution in [-0.2, 0) is 11.3 Å². The first kappa shape index (κ1) is 17.9. The topological polar surface area (TPSA) is 33.5 Å². The molecule has 0 aliphatic heterocycles. The Hall–Kier alpha value is -1.43. The molecule has 0 saturated carbocycles. The maximum absolute atomic E-state index is 13.0. The van der Waals surface area contributed by atoms with Gasteiger partial charge in [0.1, 0.15) is 12.4 Å². The van der Waals surface area contributed by atoms with Gasteiger partial charge in [0.25, 0.3) is 5.91 Å². The number of halogens is 3. The highest BCUT2D eigenvalue weighted by Gasteiger charge is 2.23. The van der Waals surface area contributed by atoms with Gasteiger partial charge in [0, 0.05) is 10.0 Å². The highest BCUT2D eigenvalue weighted by atomic mass is 79.9. The van der Waals surface area contributed by atoms with Crippen molar-refractivity contribution in [2.24, 2.45) is 0 Å². The molecule has 0 heterocycles. The summed E-state index contributed by atoms with van der Waals surface area (Å²) in [6.07, 6.45) is 0. The lowest BCUT2D eigenvalue weighted by Gasteiger charge is -2.22. The van der Waals surface area contributed by atoms with Crippen molar-refractivity contribution in [1.29, 1.82) is 0 Å². The Morgan fingerprint density at radius 1 is 1.35 bits per heavy atom. The lowest BCUT2D eigenvalue weighted by molar-refractivity contribution is -0.907. The molecule has 0 saturated heterocycles. The van der Waals surface area contributed by atoms with Crippen LogP contribution in [0.25, 0.3) is 0 Å². The molecule has 0 bridgehead atoms. The Kier molecular flexibility index (Phi) is 6.16. The first-order valence-electron chi connectivity index (χ1n) is 7.20. The van der Waals surface area contributed by atoms with Crippen LogP contribution in [0.3, 0.4) is 0 Å². The van der Waals surface area contributed by atoms with Gasteiger partial charge in [-0.05, 0) is 31.2 Å².